The fourth-order valence-electron chi connectivity index (χ4n) is 3.17. The molecule has 2 N–H and O–H groups in total. The normalized spacial score (nSPS) is 16.8. The number of aromatic nitrogens is 1. The highest BCUT2D eigenvalue weighted by Crippen LogP contribution is 2.32. The van der Waals surface area contributed by atoms with Gasteiger partial charge in [-0.05, 0) is 38.2 Å². The Labute approximate surface area is 156 Å². The Bertz CT molecular complexity index is 852. The summed E-state index contributed by atoms with van der Waals surface area (Å²) in [4.78, 5) is 29.5. The van der Waals surface area contributed by atoms with Crippen molar-refractivity contribution >= 4 is 28.3 Å². The van der Waals surface area contributed by atoms with Crippen LogP contribution in [0.3, 0.4) is 0 Å². The van der Waals surface area contributed by atoms with Gasteiger partial charge in [0.2, 0.25) is 0 Å². The first-order valence-electron chi connectivity index (χ1n) is 8.80. The van der Waals surface area contributed by atoms with Crippen molar-refractivity contribution in [2.24, 2.45) is 5.92 Å². The lowest BCUT2D eigenvalue weighted by molar-refractivity contribution is -0.141. The lowest BCUT2D eigenvalue weighted by Gasteiger charge is -2.19. The number of nitrogens with zero attached hydrogens (tertiary/aromatic N) is 1. The third-order valence-electron chi connectivity index (χ3n) is 4.65. The number of carbonyl (C=O) groups is 2. The van der Waals surface area contributed by atoms with Crippen molar-refractivity contribution in [3.05, 3.63) is 46.4 Å². The van der Waals surface area contributed by atoms with Crippen molar-refractivity contribution in [2.75, 3.05) is 5.32 Å². The van der Waals surface area contributed by atoms with E-state index in [0.29, 0.717) is 17.1 Å². The van der Waals surface area contributed by atoms with E-state index in [9.17, 15) is 14.7 Å². The number of carboxylic acid groups (broad SMARTS) is 1. The Hall–Kier alpha value is -2.47. The van der Waals surface area contributed by atoms with Crippen LogP contribution in [0, 0.1) is 12.8 Å². The van der Waals surface area contributed by atoms with Gasteiger partial charge >= 0.3 is 5.97 Å². The minimum Gasteiger partial charge on any atom is -0.481 e. The second-order valence-electron chi connectivity index (χ2n) is 6.41. The van der Waals surface area contributed by atoms with Gasteiger partial charge in [-0.1, -0.05) is 37.3 Å². The number of allylic oxidation sites excluding steroid dienone is 1. The largest absolute Gasteiger partial charge is 0.481 e. The van der Waals surface area contributed by atoms with Crippen molar-refractivity contribution in [1.82, 2.24) is 4.98 Å². The van der Waals surface area contributed by atoms with Crippen LogP contribution < -0.4 is 5.32 Å². The van der Waals surface area contributed by atoms with Crippen molar-refractivity contribution < 1.29 is 14.7 Å². The molecule has 2 aromatic rings. The molecule has 6 heteroatoms. The number of benzene rings is 1. The first-order chi connectivity index (χ1) is 12.5. The van der Waals surface area contributed by atoms with Crippen LogP contribution in [0.2, 0.25) is 0 Å². The summed E-state index contributed by atoms with van der Waals surface area (Å²) in [5.41, 5.74) is 3.46. The Kier molecular flexibility index (Phi) is 5.52. The third-order valence-corrected chi connectivity index (χ3v) is 5.54. The van der Waals surface area contributed by atoms with Gasteiger partial charge < -0.3 is 5.11 Å². The molecule has 1 unspecified atom stereocenters. The first-order valence-corrected chi connectivity index (χ1v) is 9.62. The van der Waals surface area contributed by atoms with Crippen LogP contribution >= 0.6 is 11.3 Å². The number of anilines is 1. The number of amides is 1. The van der Waals surface area contributed by atoms with Gasteiger partial charge in [-0.2, -0.15) is 0 Å². The zero-order valence-electron chi connectivity index (χ0n) is 14.9. The summed E-state index contributed by atoms with van der Waals surface area (Å²) in [5.74, 6) is -2.04. The number of aryl methyl sites for hydroxylation is 2. The average molecular weight is 370 g/mol. The number of thiazole rings is 1. The molecule has 1 amide bonds. The number of carbonyl (C=O) groups excluding carboxylic acids is 1. The van der Waals surface area contributed by atoms with E-state index >= 15 is 0 Å². The van der Waals surface area contributed by atoms with E-state index in [1.807, 2.05) is 19.1 Å². The number of carboxylic acids is 1. The maximum absolute atomic E-state index is 12.5. The lowest BCUT2D eigenvalue weighted by Crippen LogP contribution is -2.27. The van der Waals surface area contributed by atoms with Crippen LogP contribution in [0.1, 0.15) is 36.6 Å². The van der Waals surface area contributed by atoms with Crippen molar-refractivity contribution in [3.63, 3.8) is 0 Å². The highest BCUT2D eigenvalue weighted by molar-refractivity contribution is 7.16. The summed E-state index contributed by atoms with van der Waals surface area (Å²) < 4.78 is 0. The minimum atomic E-state index is -0.946. The molecule has 5 nitrogen and oxygen atoms in total. The van der Waals surface area contributed by atoms with E-state index in [1.54, 1.807) is 6.08 Å². The monoisotopic (exact) mass is 370 g/mol. The van der Waals surface area contributed by atoms with Crippen LogP contribution in [0.25, 0.3) is 11.3 Å². The van der Waals surface area contributed by atoms with E-state index in [2.05, 4.69) is 29.4 Å². The molecule has 0 spiro atoms. The first kappa shape index (κ1) is 18.3. The predicted octanol–water partition coefficient (Wildman–Crippen LogP) is 4.43. The van der Waals surface area contributed by atoms with Gasteiger partial charge in [0.1, 0.15) is 0 Å². The Balaban J connectivity index is 1.79. The van der Waals surface area contributed by atoms with Gasteiger partial charge in [0.05, 0.1) is 11.6 Å². The van der Waals surface area contributed by atoms with Crippen molar-refractivity contribution in [3.8, 4) is 11.3 Å². The zero-order valence-corrected chi connectivity index (χ0v) is 15.7. The zero-order chi connectivity index (χ0) is 18.7. The van der Waals surface area contributed by atoms with E-state index in [0.717, 1.165) is 35.4 Å². The molecule has 3 rings (SSSR count). The Morgan fingerprint density at radius 1 is 1.31 bits per heavy atom. The van der Waals surface area contributed by atoms with Gasteiger partial charge in [0.15, 0.2) is 5.13 Å². The average Bonchev–Trinajstić information content (AvgIpc) is 3.01. The Morgan fingerprint density at radius 2 is 2.04 bits per heavy atom. The van der Waals surface area contributed by atoms with Crippen LogP contribution in [-0.2, 0) is 16.0 Å². The second-order valence-corrected chi connectivity index (χ2v) is 7.61. The maximum Gasteiger partial charge on any atom is 0.311 e. The molecular formula is C20H22N2O3S. The van der Waals surface area contributed by atoms with E-state index in [1.165, 1.54) is 16.9 Å². The molecule has 1 aromatic heterocycles. The molecule has 1 aliphatic rings. The van der Waals surface area contributed by atoms with E-state index < -0.39 is 11.9 Å². The van der Waals surface area contributed by atoms with Crippen LogP contribution in [-0.4, -0.2) is 22.0 Å². The van der Waals surface area contributed by atoms with E-state index in [-0.39, 0.29) is 5.91 Å². The molecule has 1 atom stereocenters. The van der Waals surface area contributed by atoms with E-state index in [4.69, 9.17) is 0 Å². The van der Waals surface area contributed by atoms with Crippen LogP contribution in [0.4, 0.5) is 5.13 Å². The summed E-state index contributed by atoms with van der Waals surface area (Å²) in [5, 5.41) is 12.6. The number of nitrogens with one attached hydrogen (secondary N) is 1. The van der Waals surface area contributed by atoms with Gasteiger partial charge in [0.25, 0.3) is 5.91 Å². The fourth-order valence-corrected chi connectivity index (χ4v) is 4.00. The molecule has 1 aromatic carbocycles. The Morgan fingerprint density at radius 3 is 2.69 bits per heavy atom. The fraction of sp³-hybridized carbons (Fsp3) is 0.350. The number of hydrogen-bond donors (Lipinski definition) is 2. The summed E-state index contributed by atoms with van der Waals surface area (Å²) in [6.45, 7) is 4.08. The highest BCUT2D eigenvalue weighted by Gasteiger charge is 2.29. The highest BCUT2D eigenvalue weighted by atomic mass is 32.1. The molecular weight excluding hydrogens is 348 g/mol. The van der Waals surface area contributed by atoms with Crippen molar-refractivity contribution in [1.29, 1.82) is 0 Å². The summed E-state index contributed by atoms with van der Waals surface area (Å²) >= 11 is 1.40. The van der Waals surface area contributed by atoms with Gasteiger partial charge in [-0.15, -0.1) is 11.3 Å². The molecule has 0 bridgehead atoms. The molecule has 0 aliphatic heterocycles. The number of rotatable bonds is 5. The SMILES string of the molecule is CCc1ccc(-c2nc(NC(=O)C3=CCCCC3C(=O)O)sc2C)cc1. The number of aliphatic carboxylic acids is 1. The molecule has 0 fully saturated rings. The standard InChI is InChI=1S/C20H22N2O3S/c1-3-13-8-10-14(11-9-13)17-12(2)26-20(21-17)22-18(23)15-6-4-5-7-16(15)19(24)25/h6,8-11,16H,3-5,7H2,1-2H3,(H,24,25)(H,21,22,23). The molecule has 1 heterocycles. The topological polar surface area (TPSA) is 79.3 Å². The summed E-state index contributed by atoms with van der Waals surface area (Å²) in [7, 11) is 0. The number of hydrogen-bond acceptors (Lipinski definition) is 4. The molecule has 136 valence electrons. The van der Waals surface area contributed by atoms with Gasteiger partial charge in [-0.3, -0.25) is 14.9 Å². The van der Waals surface area contributed by atoms with Crippen molar-refractivity contribution in [2.45, 2.75) is 39.5 Å². The molecule has 1 aliphatic carbocycles. The minimum absolute atomic E-state index is 0.338. The smallest absolute Gasteiger partial charge is 0.311 e. The molecule has 26 heavy (non-hydrogen) atoms. The van der Waals surface area contributed by atoms with Gasteiger partial charge in [0, 0.05) is 16.0 Å². The maximum atomic E-state index is 12.5. The van der Waals surface area contributed by atoms with Crippen LogP contribution in [0.5, 0.6) is 0 Å². The molecule has 0 saturated heterocycles. The molecule has 0 radical (unpaired) electrons. The quantitative estimate of drug-likeness (QED) is 0.816. The lowest BCUT2D eigenvalue weighted by atomic mass is 9.87. The predicted molar refractivity (Wildman–Crippen MR) is 103 cm³/mol. The van der Waals surface area contributed by atoms with Crippen LogP contribution in [0.15, 0.2) is 35.9 Å². The van der Waals surface area contributed by atoms with Gasteiger partial charge in [-0.25, -0.2) is 4.98 Å². The second kappa shape index (κ2) is 7.83. The third kappa shape index (κ3) is 3.85. The molecule has 0 saturated carbocycles. The summed E-state index contributed by atoms with van der Waals surface area (Å²) in [6.07, 6.45) is 4.75. The summed E-state index contributed by atoms with van der Waals surface area (Å²) in [6, 6.07) is 8.24.